The Morgan fingerprint density at radius 3 is 1.69 bits per heavy atom. The molecule has 0 aliphatic heterocycles. The van der Waals surface area contributed by atoms with E-state index in [-0.39, 0.29) is 0 Å². The van der Waals surface area contributed by atoms with Crippen LogP contribution in [0.15, 0.2) is 48.5 Å². The average molecular weight is 503 g/mol. The summed E-state index contributed by atoms with van der Waals surface area (Å²) in [5, 5.41) is 0. The molecule has 0 aliphatic rings. The van der Waals surface area contributed by atoms with Gasteiger partial charge in [-0.05, 0) is 74.0 Å². The summed E-state index contributed by atoms with van der Waals surface area (Å²) in [6, 6.07) is 14.7. The summed E-state index contributed by atoms with van der Waals surface area (Å²) < 4.78 is 17.0. The molecule has 0 aromatic heterocycles. The van der Waals surface area contributed by atoms with Gasteiger partial charge in [-0.25, -0.2) is 4.79 Å². The molecule has 0 atom stereocenters. The Labute approximate surface area is 211 Å². The van der Waals surface area contributed by atoms with Crippen molar-refractivity contribution in [1.82, 2.24) is 0 Å². The normalized spacial score (nSPS) is 11.3. The molecule has 2 rings (SSSR count). The van der Waals surface area contributed by atoms with Crippen LogP contribution in [0.25, 0.3) is 0 Å². The summed E-state index contributed by atoms with van der Waals surface area (Å²) in [7, 11) is -2.87. The average Bonchev–Trinajstić information content (AvgIpc) is 2.83. The zero-order chi connectivity index (χ0) is 25.4. The Morgan fingerprint density at radius 2 is 1.14 bits per heavy atom. The molecule has 0 amide bonds. The van der Waals surface area contributed by atoms with Gasteiger partial charge in [-0.15, -0.1) is 0 Å². The van der Waals surface area contributed by atoms with Gasteiger partial charge in [0.15, 0.2) is 0 Å². The van der Waals surface area contributed by atoms with E-state index >= 15 is 0 Å². The van der Waals surface area contributed by atoms with E-state index in [1.165, 1.54) is 19.3 Å². The standard InChI is InChI=1S/C28H42O6Si/c1-3-4-5-10-21-32-25-15-13-24(14-16-25)28(29)34-27-19-17-26(18-20-27)33-22-11-8-6-7-9-12-23-35(2,30)31/h13-20,30-31H,3-12,21-23H2,1-2H3. The topological polar surface area (TPSA) is 85.2 Å². The van der Waals surface area contributed by atoms with Gasteiger partial charge >= 0.3 is 14.5 Å². The highest BCUT2D eigenvalue weighted by Crippen LogP contribution is 2.20. The zero-order valence-electron chi connectivity index (χ0n) is 21.3. The number of hydrogen-bond donors (Lipinski definition) is 2. The van der Waals surface area contributed by atoms with Gasteiger partial charge < -0.3 is 23.8 Å². The van der Waals surface area contributed by atoms with Gasteiger partial charge in [-0.3, -0.25) is 0 Å². The molecule has 35 heavy (non-hydrogen) atoms. The van der Waals surface area contributed by atoms with Gasteiger partial charge in [0.1, 0.15) is 17.2 Å². The summed E-state index contributed by atoms with van der Waals surface area (Å²) >= 11 is 0. The smallest absolute Gasteiger partial charge is 0.343 e. The van der Waals surface area contributed by atoms with Crippen molar-refractivity contribution in [3.8, 4) is 17.2 Å². The third-order valence-corrected chi connectivity index (χ3v) is 7.01. The quantitative estimate of drug-likeness (QED) is 0.103. The highest BCUT2D eigenvalue weighted by molar-refractivity contribution is 6.63. The first-order valence-electron chi connectivity index (χ1n) is 13.0. The molecular formula is C28H42O6Si. The van der Waals surface area contributed by atoms with Crippen molar-refractivity contribution in [2.75, 3.05) is 13.2 Å². The number of carbonyl (C=O) groups excluding carboxylic acids is 1. The summed E-state index contributed by atoms with van der Waals surface area (Å²) in [6.07, 6.45) is 10.9. The third kappa shape index (κ3) is 13.3. The number of rotatable bonds is 18. The number of hydrogen-bond acceptors (Lipinski definition) is 6. The number of benzene rings is 2. The van der Waals surface area contributed by atoms with Crippen LogP contribution in [-0.2, 0) is 0 Å². The highest BCUT2D eigenvalue weighted by Gasteiger charge is 2.19. The van der Waals surface area contributed by atoms with E-state index in [0.717, 1.165) is 56.4 Å². The van der Waals surface area contributed by atoms with Crippen LogP contribution < -0.4 is 14.2 Å². The first-order valence-corrected chi connectivity index (χ1v) is 15.6. The molecule has 0 fully saturated rings. The summed E-state index contributed by atoms with van der Waals surface area (Å²) in [4.78, 5) is 31.2. The predicted molar refractivity (Wildman–Crippen MR) is 142 cm³/mol. The SMILES string of the molecule is CCCCCCOc1ccc(C(=O)Oc2ccc(OCCCCCCCC[Si](C)(O)O)cc2)cc1. The Balaban J connectivity index is 1.61. The van der Waals surface area contributed by atoms with Crippen molar-refractivity contribution >= 4 is 14.5 Å². The van der Waals surface area contributed by atoms with Crippen molar-refractivity contribution in [3.63, 3.8) is 0 Å². The van der Waals surface area contributed by atoms with E-state index in [1.54, 1.807) is 42.9 Å². The lowest BCUT2D eigenvalue weighted by atomic mass is 10.1. The molecule has 0 aliphatic carbocycles. The Kier molecular flexibility index (Phi) is 13.5. The maximum atomic E-state index is 12.4. The van der Waals surface area contributed by atoms with E-state index < -0.39 is 14.5 Å². The van der Waals surface area contributed by atoms with Crippen molar-refractivity contribution in [2.24, 2.45) is 0 Å². The number of carbonyl (C=O) groups is 1. The fourth-order valence-electron chi connectivity index (χ4n) is 3.64. The number of ether oxygens (including phenoxy) is 3. The van der Waals surface area contributed by atoms with Crippen LogP contribution in [0.4, 0.5) is 0 Å². The molecule has 0 saturated heterocycles. The van der Waals surface area contributed by atoms with Gasteiger partial charge in [0.2, 0.25) is 0 Å². The predicted octanol–water partition coefficient (Wildman–Crippen LogP) is 6.64. The largest absolute Gasteiger partial charge is 0.494 e. The van der Waals surface area contributed by atoms with Crippen LogP contribution in [0.5, 0.6) is 17.2 Å². The summed E-state index contributed by atoms with van der Waals surface area (Å²) in [6.45, 7) is 5.08. The maximum Gasteiger partial charge on any atom is 0.343 e. The van der Waals surface area contributed by atoms with Gasteiger partial charge in [-0.1, -0.05) is 58.3 Å². The van der Waals surface area contributed by atoms with Crippen molar-refractivity contribution < 1.29 is 28.6 Å². The van der Waals surface area contributed by atoms with Crippen LogP contribution in [0.1, 0.15) is 81.5 Å². The fraction of sp³-hybridized carbons (Fsp3) is 0.536. The van der Waals surface area contributed by atoms with Gasteiger partial charge in [0.25, 0.3) is 0 Å². The molecule has 0 unspecified atom stereocenters. The maximum absolute atomic E-state index is 12.4. The lowest BCUT2D eigenvalue weighted by Gasteiger charge is -2.11. The highest BCUT2D eigenvalue weighted by atomic mass is 28.4. The minimum atomic E-state index is -2.87. The van der Waals surface area contributed by atoms with E-state index in [2.05, 4.69) is 6.92 Å². The molecular weight excluding hydrogens is 460 g/mol. The zero-order valence-corrected chi connectivity index (χ0v) is 22.3. The second-order valence-electron chi connectivity index (χ2n) is 9.23. The van der Waals surface area contributed by atoms with Gasteiger partial charge in [0, 0.05) is 0 Å². The van der Waals surface area contributed by atoms with E-state index in [4.69, 9.17) is 14.2 Å². The Morgan fingerprint density at radius 1 is 0.686 bits per heavy atom. The van der Waals surface area contributed by atoms with Crippen LogP contribution in [0.2, 0.25) is 12.6 Å². The molecule has 194 valence electrons. The summed E-state index contributed by atoms with van der Waals surface area (Å²) in [5.74, 6) is 1.58. The number of unbranched alkanes of at least 4 members (excludes halogenated alkanes) is 8. The molecule has 0 spiro atoms. The minimum Gasteiger partial charge on any atom is -0.494 e. The second kappa shape index (κ2) is 16.3. The fourth-order valence-corrected chi connectivity index (χ4v) is 4.55. The lowest BCUT2D eigenvalue weighted by Crippen LogP contribution is -2.29. The van der Waals surface area contributed by atoms with Crippen LogP contribution in [-0.4, -0.2) is 37.3 Å². The van der Waals surface area contributed by atoms with Gasteiger partial charge in [-0.2, -0.15) is 0 Å². The van der Waals surface area contributed by atoms with Crippen molar-refractivity contribution in [3.05, 3.63) is 54.1 Å². The lowest BCUT2D eigenvalue weighted by molar-refractivity contribution is 0.0734. The first kappa shape index (κ1) is 28.9. The Hall–Kier alpha value is -2.35. The number of esters is 1. The van der Waals surface area contributed by atoms with Crippen molar-refractivity contribution in [1.29, 1.82) is 0 Å². The van der Waals surface area contributed by atoms with Crippen LogP contribution >= 0.6 is 0 Å². The second-order valence-corrected chi connectivity index (χ2v) is 12.2. The molecule has 6 nitrogen and oxygen atoms in total. The minimum absolute atomic E-state index is 0.405. The van der Waals surface area contributed by atoms with E-state index in [9.17, 15) is 14.4 Å². The van der Waals surface area contributed by atoms with E-state index in [0.29, 0.717) is 30.6 Å². The molecule has 7 heteroatoms. The molecule has 0 radical (unpaired) electrons. The molecule has 2 aromatic carbocycles. The van der Waals surface area contributed by atoms with Crippen LogP contribution in [0, 0.1) is 0 Å². The van der Waals surface area contributed by atoms with Crippen molar-refractivity contribution in [2.45, 2.75) is 83.7 Å². The third-order valence-electron chi connectivity index (χ3n) is 5.70. The molecule has 2 N–H and O–H groups in total. The van der Waals surface area contributed by atoms with Crippen LogP contribution in [0.3, 0.4) is 0 Å². The molecule has 2 aromatic rings. The molecule has 0 heterocycles. The molecule has 0 saturated carbocycles. The monoisotopic (exact) mass is 502 g/mol. The van der Waals surface area contributed by atoms with E-state index in [1.807, 2.05) is 12.1 Å². The first-order chi connectivity index (χ1) is 16.9. The Bertz CT molecular complexity index is 830. The molecule has 0 bridgehead atoms. The van der Waals surface area contributed by atoms with Gasteiger partial charge in [0.05, 0.1) is 18.8 Å². The summed E-state index contributed by atoms with van der Waals surface area (Å²) in [5.41, 5.74) is 0.479.